The number of rotatable bonds is 16. The highest BCUT2D eigenvalue weighted by Crippen LogP contribution is 2.44. The zero-order valence-corrected chi connectivity index (χ0v) is 73.4. The van der Waals surface area contributed by atoms with Crippen LogP contribution < -0.4 is 0 Å². The van der Waals surface area contributed by atoms with Crippen LogP contribution in [-0.4, -0.2) is 124 Å². The molecule has 0 aliphatic rings. The number of aryl methyl sites for hydroxylation is 1. The highest BCUT2D eigenvalue weighted by Gasteiger charge is 2.37. The molecule has 0 spiro atoms. The Hall–Kier alpha value is -13.1. The predicted octanol–water partition coefficient (Wildman–Crippen LogP) is 20.3. The number of sulfone groups is 4. The molecule has 0 radical (unpaired) electrons. The van der Waals surface area contributed by atoms with Crippen LogP contribution in [0.25, 0.3) is 155 Å². The largest absolute Gasteiger partial charge is 0.343 e. The summed E-state index contributed by atoms with van der Waals surface area (Å²) >= 11 is 6.23. The van der Waals surface area contributed by atoms with Gasteiger partial charge in [-0.15, -0.1) is 0 Å². The zero-order valence-electron chi connectivity index (χ0n) is 69.4. The number of H-pyrrole nitrogens is 1. The van der Waals surface area contributed by atoms with E-state index in [2.05, 4.69) is 77.4 Å². The van der Waals surface area contributed by atoms with Gasteiger partial charge in [0, 0.05) is 129 Å². The molecule has 9 heterocycles. The molecule has 0 amide bonds. The second-order valence-corrected chi connectivity index (χ2v) is 42.8. The molecule has 18 aromatic rings. The Balaban J connectivity index is 0.000000127. The summed E-state index contributed by atoms with van der Waals surface area (Å²) in [7, 11) is -13.3. The quantitative estimate of drug-likeness (QED) is 0.0939. The van der Waals surface area contributed by atoms with Crippen molar-refractivity contribution >= 4 is 117 Å². The molecule has 0 bridgehead atoms. The first kappa shape index (κ1) is 84.9. The summed E-state index contributed by atoms with van der Waals surface area (Å²) in [6, 6.07) is 70.1. The van der Waals surface area contributed by atoms with Crippen molar-refractivity contribution in [3.63, 3.8) is 0 Å². The summed E-state index contributed by atoms with van der Waals surface area (Å²) in [5.41, 5.74) is 22.5. The fourth-order valence-electron chi connectivity index (χ4n) is 14.2. The third-order valence-electron chi connectivity index (χ3n) is 22.9. The van der Waals surface area contributed by atoms with E-state index in [0.717, 1.165) is 144 Å². The summed E-state index contributed by atoms with van der Waals surface area (Å²) in [5, 5.41) is 15.5. The van der Waals surface area contributed by atoms with Gasteiger partial charge in [-0.25, -0.2) is 53.3 Å². The minimum Gasteiger partial charge on any atom is -0.343 e. The van der Waals surface area contributed by atoms with Gasteiger partial charge in [0.05, 0.1) is 52.9 Å². The molecule has 23 nitrogen and oxygen atoms in total. The van der Waals surface area contributed by atoms with Crippen molar-refractivity contribution in [2.45, 2.75) is 81.3 Å². The highest BCUT2D eigenvalue weighted by molar-refractivity contribution is 7.92. The molecule has 0 saturated heterocycles. The number of benzene rings is 9. The number of aromatic nitrogens is 13. The van der Waals surface area contributed by atoms with E-state index >= 15 is 0 Å². The maximum atomic E-state index is 12.5. The van der Waals surface area contributed by atoms with Gasteiger partial charge in [0.1, 0.15) is 16.7 Å². The number of nitrogens with one attached hydrogen (secondary N) is 1. The molecule has 9 aromatic carbocycles. The standard InChI is InChI=1S/C25H22N4O2S.C25H21N3O3S.C23H20ClN3O2S.C22H21N3O3S/c1-25(2,32(3,30)31)20-11-18-8-5-9-26-23(18)21(13-20)17-7-4-6-16(10-17)19-12-22-24(27-14-19)29-15-28-22;1-25(2,32(3,29)30)20-13-19-8-5-11-26-24(19)21(15-20)18-7-4-6-16(12-18)17-9-10-22-23(14-17)28-31-27-22;1-23(2,30(3,28)29)18-13-17-8-5-9-25-20(17)19(14-18)15-6-4-7-16(12-15)21-22(24)27-11-10-26-21;1-14-24-21(28-25-14)17-8-5-7-15(11-17)19-13-18(22(2,3)29(4,26)27)12-16-9-6-10-23-20(16)19/h4-15H,1-3H3,(H,27,28,29);4-15H,1-3H3;4-14H,1-3H3;5-13H,1-4H3. The van der Waals surface area contributed by atoms with Crippen molar-refractivity contribution in [2.24, 2.45) is 0 Å². The van der Waals surface area contributed by atoms with Crippen molar-refractivity contribution in [2.75, 3.05) is 25.0 Å². The Morgan fingerprint density at radius 2 is 0.699 bits per heavy atom. The van der Waals surface area contributed by atoms with E-state index < -0.39 is 58.3 Å². The van der Waals surface area contributed by atoms with E-state index in [1.165, 1.54) is 25.0 Å². The van der Waals surface area contributed by atoms with Gasteiger partial charge in [-0.2, -0.15) is 4.98 Å². The summed E-state index contributed by atoms with van der Waals surface area (Å²) < 4.78 is 106. The lowest BCUT2D eigenvalue weighted by atomic mass is 9.92. The SMILES string of the molecule is CC(C)(c1cc(-c2cccc(-c3ccc4nonc4c3)c2)c2ncccc2c1)S(C)(=O)=O.CC(C)(c1cc(-c2cccc(-c3cnc4nc[nH]c4c3)c2)c2ncccc2c1)S(C)(=O)=O.CC(C)(c1cc(-c2cccc(-c3nccnc3Cl)c2)c2ncccc2c1)S(C)(=O)=O.Cc1noc(-c2cccc(-c3cc(C(C)(C)S(C)(=O)=O)cc4cccnc34)c2)n1. The lowest BCUT2D eigenvalue weighted by Gasteiger charge is -2.24. The van der Waals surface area contributed by atoms with Crippen LogP contribution in [0.4, 0.5) is 0 Å². The van der Waals surface area contributed by atoms with Crippen LogP contribution in [-0.2, 0) is 58.3 Å². The van der Waals surface area contributed by atoms with Crippen LogP contribution in [0.2, 0.25) is 5.15 Å². The van der Waals surface area contributed by atoms with Gasteiger partial charge in [-0.05, 0) is 255 Å². The number of fused-ring (bicyclic) bond motifs is 6. The van der Waals surface area contributed by atoms with Crippen LogP contribution in [0.1, 0.15) is 83.5 Å². The Morgan fingerprint density at radius 1 is 0.333 bits per heavy atom. The summed E-state index contributed by atoms with van der Waals surface area (Å²) in [4.78, 5) is 42.8. The fraction of sp³-hybridized carbons (Fsp3) is 0.179. The average Bonchev–Trinajstić information content (AvgIpc) is 1.56. The van der Waals surface area contributed by atoms with Gasteiger partial charge >= 0.3 is 0 Å². The third-order valence-corrected chi connectivity index (χ3v) is 31.5. The molecule has 0 unspecified atom stereocenters. The monoisotopic (exact) mass is 1730 g/mol. The minimum atomic E-state index is -3.34. The first-order valence-corrected chi connectivity index (χ1v) is 46.8. The second kappa shape index (κ2) is 33.1. The Labute approximate surface area is 716 Å². The third kappa shape index (κ3) is 17.2. The summed E-state index contributed by atoms with van der Waals surface area (Å²) in [6.07, 6.45) is 18.6. The van der Waals surface area contributed by atoms with Crippen molar-refractivity contribution in [3.05, 3.63) is 301 Å². The van der Waals surface area contributed by atoms with E-state index in [1.807, 2.05) is 212 Å². The number of aromatic amines is 1. The number of nitrogens with zero attached hydrogens (tertiary/aromatic N) is 12. The van der Waals surface area contributed by atoms with Gasteiger partial charge in [0.15, 0.2) is 56.0 Å². The first-order valence-electron chi connectivity index (χ1n) is 38.9. The smallest absolute Gasteiger partial charge is 0.257 e. The summed E-state index contributed by atoms with van der Waals surface area (Å²) in [6.45, 7) is 15.6. The molecule has 18 rings (SSSR count). The van der Waals surface area contributed by atoms with E-state index in [0.29, 0.717) is 44.8 Å². The van der Waals surface area contributed by atoms with Gasteiger partial charge < -0.3 is 9.51 Å². The van der Waals surface area contributed by atoms with Gasteiger partial charge in [0.25, 0.3) is 5.89 Å². The molecule has 1 N–H and O–H groups in total. The molecule has 620 valence electrons. The predicted molar refractivity (Wildman–Crippen MR) is 488 cm³/mol. The molecule has 0 atom stereocenters. The van der Waals surface area contributed by atoms with E-state index in [9.17, 15) is 33.7 Å². The molecular weight excluding hydrogens is 1650 g/mol. The minimum absolute atomic E-state index is 0.324. The highest BCUT2D eigenvalue weighted by atomic mass is 35.5. The normalized spacial score (nSPS) is 12.4. The lowest BCUT2D eigenvalue weighted by Crippen LogP contribution is -2.28. The van der Waals surface area contributed by atoms with Crippen LogP contribution in [0, 0.1) is 6.92 Å². The molecule has 0 saturated carbocycles. The Morgan fingerprint density at radius 3 is 1.11 bits per heavy atom. The number of hydrogen-bond donors (Lipinski definition) is 1. The van der Waals surface area contributed by atoms with E-state index in [4.69, 9.17) is 20.8 Å². The first-order chi connectivity index (χ1) is 58.3. The van der Waals surface area contributed by atoms with Crippen molar-refractivity contribution in [1.82, 2.24) is 65.3 Å². The molecule has 0 fully saturated rings. The second-order valence-electron chi connectivity index (χ2n) is 32.2. The molecule has 0 aliphatic heterocycles. The Kier molecular flexibility index (Phi) is 22.8. The fourth-order valence-corrected chi connectivity index (χ4v) is 16.6. The van der Waals surface area contributed by atoms with Crippen LogP contribution in [0.3, 0.4) is 0 Å². The number of imidazole rings is 1. The van der Waals surface area contributed by atoms with Crippen molar-refractivity contribution in [3.8, 4) is 89.5 Å². The maximum absolute atomic E-state index is 12.5. The van der Waals surface area contributed by atoms with Crippen LogP contribution in [0.5, 0.6) is 0 Å². The van der Waals surface area contributed by atoms with E-state index in [-0.39, 0.29) is 0 Å². The zero-order chi connectivity index (χ0) is 87.3. The van der Waals surface area contributed by atoms with Crippen molar-refractivity contribution in [1.29, 1.82) is 0 Å². The topological polar surface area (TPSA) is 333 Å². The number of hydrogen-bond acceptors (Lipinski definition) is 22. The van der Waals surface area contributed by atoms with Gasteiger partial charge in [0.2, 0.25) is 0 Å². The maximum Gasteiger partial charge on any atom is 0.257 e. The molecule has 28 heteroatoms. The molecule has 9 aromatic heterocycles. The van der Waals surface area contributed by atoms with E-state index in [1.54, 1.807) is 106 Å². The average molecular weight is 1730 g/mol. The van der Waals surface area contributed by atoms with Crippen molar-refractivity contribution < 1.29 is 42.8 Å². The number of halogens is 1. The number of pyridine rings is 5. The molecule has 123 heavy (non-hydrogen) atoms. The summed E-state index contributed by atoms with van der Waals surface area (Å²) in [5.74, 6) is 1.00. The van der Waals surface area contributed by atoms with Crippen LogP contribution >= 0.6 is 11.6 Å². The van der Waals surface area contributed by atoms with Gasteiger partial charge in [-0.1, -0.05) is 114 Å². The Bertz CT molecular complexity index is 7430. The molecular formula is C95H84ClN13O10S4. The van der Waals surface area contributed by atoms with Crippen LogP contribution in [0.15, 0.2) is 277 Å². The lowest BCUT2D eigenvalue weighted by molar-refractivity contribution is 0.315. The molecule has 0 aliphatic carbocycles. The van der Waals surface area contributed by atoms with Gasteiger partial charge in [-0.3, -0.25) is 24.9 Å².